The van der Waals surface area contributed by atoms with Crippen LogP contribution in [-0.4, -0.2) is 46.0 Å². The maximum atomic E-state index is 12.5. The third-order valence-corrected chi connectivity index (χ3v) is 4.71. The summed E-state index contributed by atoms with van der Waals surface area (Å²) in [7, 11) is 0. The molecule has 1 aliphatic rings. The molecule has 27 heavy (non-hydrogen) atoms. The number of piperidine rings is 1. The first-order chi connectivity index (χ1) is 13.0. The largest absolute Gasteiger partial charge is 0.478 e. The average Bonchev–Trinajstić information content (AvgIpc) is 2.69. The maximum Gasteiger partial charge on any atom is 0.328 e. The van der Waals surface area contributed by atoms with E-state index in [1.165, 1.54) is 6.08 Å². The Balaban J connectivity index is 1.56. The van der Waals surface area contributed by atoms with Crippen molar-refractivity contribution in [3.8, 4) is 0 Å². The first kappa shape index (κ1) is 18.9. The van der Waals surface area contributed by atoms with Gasteiger partial charge in [-0.25, -0.2) is 9.78 Å². The van der Waals surface area contributed by atoms with Crippen LogP contribution >= 0.6 is 11.6 Å². The molecule has 1 aliphatic heterocycles. The number of nitrogens with zero attached hydrogens (tertiary/aromatic N) is 2. The third-order valence-electron chi connectivity index (χ3n) is 4.42. The van der Waals surface area contributed by atoms with Crippen LogP contribution in [-0.2, 0) is 4.79 Å². The van der Waals surface area contributed by atoms with E-state index in [4.69, 9.17) is 16.7 Å². The highest BCUT2D eigenvalue weighted by molar-refractivity contribution is 6.33. The molecule has 0 aliphatic carbocycles. The highest BCUT2D eigenvalue weighted by atomic mass is 35.5. The van der Waals surface area contributed by atoms with Crippen molar-refractivity contribution >= 4 is 35.4 Å². The Hall–Kier alpha value is -2.86. The molecule has 0 unspecified atom stereocenters. The van der Waals surface area contributed by atoms with Crippen molar-refractivity contribution in [1.82, 2.24) is 9.88 Å². The number of pyridine rings is 1. The van der Waals surface area contributed by atoms with Crippen molar-refractivity contribution in [3.05, 3.63) is 64.8 Å². The number of hydrogen-bond acceptors (Lipinski definition) is 4. The number of carbonyl (C=O) groups excluding carboxylic acids is 1. The molecular weight excluding hydrogens is 366 g/mol. The highest BCUT2D eigenvalue weighted by Gasteiger charge is 2.24. The number of aliphatic carboxylic acids is 1. The van der Waals surface area contributed by atoms with E-state index >= 15 is 0 Å². The molecule has 1 amide bonds. The van der Waals surface area contributed by atoms with E-state index in [1.807, 2.05) is 35.2 Å². The molecule has 2 N–H and O–H groups in total. The van der Waals surface area contributed by atoms with Crippen LogP contribution in [0.25, 0.3) is 6.08 Å². The van der Waals surface area contributed by atoms with Gasteiger partial charge in [-0.1, -0.05) is 29.8 Å². The average molecular weight is 386 g/mol. The van der Waals surface area contributed by atoms with Gasteiger partial charge in [0, 0.05) is 37.0 Å². The van der Waals surface area contributed by atoms with Crippen LogP contribution < -0.4 is 5.32 Å². The topological polar surface area (TPSA) is 82.5 Å². The molecule has 0 radical (unpaired) electrons. The number of amides is 1. The maximum absolute atomic E-state index is 12.5. The van der Waals surface area contributed by atoms with E-state index in [-0.39, 0.29) is 11.9 Å². The number of hydrogen-bond donors (Lipinski definition) is 2. The van der Waals surface area contributed by atoms with Crippen molar-refractivity contribution in [2.75, 3.05) is 18.4 Å². The van der Waals surface area contributed by atoms with Crippen LogP contribution in [0.3, 0.4) is 0 Å². The Morgan fingerprint density at radius 2 is 1.93 bits per heavy atom. The van der Waals surface area contributed by atoms with Crippen LogP contribution in [0.15, 0.2) is 48.7 Å². The fraction of sp³-hybridized carbons (Fsp3) is 0.250. The van der Waals surface area contributed by atoms with Crippen LogP contribution in [0.1, 0.15) is 28.8 Å². The first-order valence-corrected chi connectivity index (χ1v) is 9.08. The van der Waals surface area contributed by atoms with Crippen molar-refractivity contribution in [2.45, 2.75) is 18.9 Å². The molecule has 0 atom stereocenters. The normalized spacial score (nSPS) is 15.1. The van der Waals surface area contributed by atoms with Gasteiger partial charge in [-0.3, -0.25) is 4.79 Å². The second-order valence-electron chi connectivity index (χ2n) is 6.35. The van der Waals surface area contributed by atoms with Crippen molar-refractivity contribution in [3.63, 3.8) is 0 Å². The Bertz CT molecular complexity index is 847. The lowest BCUT2D eigenvalue weighted by atomic mass is 10.0. The summed E-state index contributed by atoms with van der Waals surface area (Å²) in [5.41, 5.74) is 1.33. The summed E-state index contributed by atoms with van der Waals surface area (Å²) >= 11 is 6.25. The summed E-state index contributed by atoms with van der Waals surface area (Å²) in [4.78, 5) is 29.2. The number of rotatable bonds is 5. The minimum atomic E-state index is -1.02. The molecule has 0 spiro atoms. The van der Waals surface area contributed by atoms with Gasteiger partial charge in [0.15, 0.2) is 0 Å². The number of halogens is 1. The molecule has 7 heteroatoms. The SMILES string of the molecule is O=C(O)/C=C/c1cnc(NC2CCN(C(=O)c3ccccc3)CC2)c(Cl)c1. The fourth-order valence-corrected chi connectivity index (χ4v) is 3.23. The van der Waals surface area contributed by atoms with E-state index in [2.05, 4.69) is 10.3 Å². The number of carbonyl (C=O) groups is 2. The number of likely N-dealkylation sites (tertiary alicyclic amines) is 1. The minimum absolute atomic E-state index is 0.0554. The molecule has 3 rings (SSSR count). The lowest BCUT2D eigenvalue weighted by Gasteiger charge is -2.32. The summed E-state index contributed by atoms with van der Waals surface area (Å²) in [5.74, 6) is -0.401. The summed E-state index contributed by atoms with van der Waals surface area (Å²) in [6.45, 7) is 1.34. The Labute approximate surface area is 162 Å². The van der Waals surface area contributed by atoms with Gasteiger partial charge in [-0.2, -0.15) is 0 Å². The third kappa shape index (κ3) is 5.08. The lowest BCUT2D eigenvalue weighted by molar-refractivity contribution is -0.131. The number of nitrogens with one attached hydrogen (secondary N) is 1. The van der Waals surface area contributed by atoms with E-state index in [0.717, 1.165) is 18.9 Å². The number of carboxylic acid groups (broad SMARTS) is 1. The van der Waals surface area contributed by atoms with Crippen molar-refractivity contribution in [1.29, 1.82) is 0 Å². The zero-order chi connectivity index (χ0) is 19.2. The van der Waals surface area contributed by atoms with E-state index in [1.54, 1.807) is 12.3 Å². The van der Waals surface area contributed by atoms with Crippen molar-refractivity contribution in [2.24, 2.45) is 0 Å². The number of carboxylic acids is 1. The fourth-order valence-electron chi connectivity index (χ4n) is 3.00. The molecular formula is C20H20ClN3O3. The van der Waals surface area contributed by atoms with Gasteiger partial charge >= 0.3 is 5.97 Å². The molecule has 6 nitrogen and oxygen atoms in total. The zero-order valence-electron chi connectivity index (χ0n) is 14.6. The summed E-state index contributed by atoms with van der Waals surface area (Å²) in [6, 6.07) is 11.1. The summed E-state index contributed by atoms with van der Waals surface area (Å²) < 4.78 is 0. The Kier molecular flexibility index (Phi) is 6.08. The van der Waals surface area contributed by atoms with Crippen LogP contribution in [0.2, 0.25) is 5.02 Å². The monoisotopic (exact) mass is 385 g/mol. The zero-order valence-corrected chi connectivity index (χ0v) is 15.4. The molecule has 2 aromatic rings. The van der Waals surface area contributed by atoms with E-state index in [9.17, 15) is 9.59 Å². The predicted molar refractivity (Wildman–Crippen MR) is 105 cm³/mol. The molecule has 0 bridgehead atoms. The van der Waals surface area contributed by atoms with Crippen LogP contribution in [0, 0.1) is 0 Å². The van der Waals surface area contributed by atoms with Gasteiger partial charge in [0.05, 0.1) is 5.02 Å². The Morgan fingerprint density at radius 1 is 1.22 bits per heavy atom. The molecule has 1 aromatic heterocycles. The van der Waals surface area contributed by atoms with Crippen molar-refractivity contribution < 1.29 is 14.7 Å². The molecule has 0 saturated carbocycles. The highest BCUT2D eigenvalue weighted by Crippen LogP contribution is 2.24. The molecule has 1 aromatic carbocycles. The van der Waals surface area contributed by atoms with E-state index < -0.39 is 5.97 Å². The van der Waals surface area contributed by atoms with Gasteiger partial charge in [-0.05, 0) is 42.7 Å². The molecule has 1 fully saturated rings. The summed E-state index contributed by atoms with van der Waals surface area (Å²) in [6.07, 6.45) is 5.66. The molecule has 1 saturated heterocycles. The van der Waals surface area contributed by atoms with Crippen LogP contribution in [0.4, 0.5) is 5.82 Å². The Morgan fingerprint density at radius 3 is 2.56 bits per heavy atom. The van der Waals surface area contributed by atoms with Crippen LogP contribution in [0.5, 0.6) is 0 Å². The number of benzene rings is 1. The number of aromatic nitrogens is 1. The van der Waals surface area contributed by atoms with Gasteiger partial charge in [-0.15, -0.1) is 0 Å². The summed E-state index contributed by atoms with van der Waals surface area (Å²) in [5, 5.41) is 12.4. The standard InChI is InChI=1S/C20H20ClN3O3/c21-17-12-14(6-7-18(25)26)13-22-19(17)23-16-8-10-24(11-9-16)20(27)15-4-2-1-3-5-15/h1-7,12-13,16H,8-11H2,(H,22,23)(H,25,26)/b7-6+. The predicted octanol–water partition coefficient (Wildman–Crippen LogP) is 3.55. The van der Waals surface area contributed by atoms with Gasteiger partial charge in [0.25, 0.3) is 5.91 Å². The minimum Gasteiger partial charge on any atom is -0.478 e. The smallest absolute Gasteiger partial charge is 0.328 e. The van der Waals surface area contributed by atoms with Gasteiger partial charge in [0.2, 0.25) is 0 Å². The van der Waals surface area contributed by atoms with Gasteiger partial charge in [0.1, 0.15) is 5.82 Å². The van der Waals surface area contributed by atoms with Gasteiger partial charge < -0.3 is 15.3 Å². The number of anilines is 1. The second-order valence-corrected chi connectivity index (χ2v) is 6.75. The lowest BCUT2D eigenvalue weighted by Crippen LogP contribution is -2.42. The molecule has 140 valence electrons. The quantitative estimate of drug-likeness (QED) is 0.769. The van der Waals surface area contributed by atoms with E-state index in [0.29, 0.717) is 35.1 Å². The second kappa shape index (κ2) is 8.68. The first-order valence-electron chi connectivity index (χ1n) is 8.70. The molecule has 2 heterocycles.